The molecule has 1 aromatic rings. The fraction of sp³-hybridized carbons (Fsp3) is 0.333. The summed E-state index contributed by atoms with van der Waals surface area (Å²) in [4.78, 5) is 0. The fourth-order valence-corrected chi connectivity index (χ4v) is 1.99. The highest BCUT2D eigenvalue weighted by Gasteiger charge is 2.08. The fourth-order valence-electron chi connectivity index (χ4n) is 1.70. The van der Waals surface area contributed by atoms with Crippen LogP contribution in [0.5, 0.6) is 0 Å². The highest BCUT2D eigenvalue weighted by Crippen LogP contribution is 2.28. The van der Waals surface area contributed by atoms with Crippen molar-refractivity contribution in [2.24, 2.45) is 0 Å². The summed E-state index contributed by atoms with van der Waals surface area (Å²) in [5.74, 6) is 0. The molecular formula is C12H15Cl. The van der Waals surface area contributed by atoms with Gasteiger partial charge in [-0.2, -0.15) is 0 Å². The molecule has 0 aliphatic heterocycles. The lowest BCUT2D eigenvalue weighted by molar-refractivity contribution is 1.22. The van der Waals surface area contributed by atoms with Crippen molar-refractivity contribution in [3.05, 3.63) is 40.5 Å². The minimum absolute atomic E-state index is 0.637. The molecule has 1 heteroatoms. The average molecular weight is 195 g/mol. The number of hydrogen-bond donors (Lipinski definition) is 0. The summed E-state index contributed by atoms with van der Waals surface area (Å²) in [5.41, 5.74) is 6.18. The van der Waals surface area contributed by atoms with Crippen molar-refractivity contribution >= 4 is 16.6 Å². The monoisotopic (exact) mass is 194 g/mol. The molecular weight excluding hydrogens is 180 g/mol. The van der Waals surface area contributed by atoms with Crippen LogP contribution in [0.1, 0.15) is 27.8 Å². The predicted molar refractivity (Wildman–Crippen MR) is 60.3 cm³/mol. The molecule has 0 nitrogen and oxygen atoms in total. The molecule has 0 N–H and O–H groups in total. The van der Waals surface area contributed by atoms with Gasteiger partial charge in [-0.25, -0.2) is 0 Å². The van der Waals surface area contributed by atoms with E-state index in [1.54, 1.807) is 0 Å². The lowest BCUT2D eigenvalue weighted by atomic mass is 9.94. The Morgan fingerprint density at radius 3 is 2.08 bits per heavy atom. The maximum Gasteiger partial charge on any atom is 0.0412 e. The first-order valence-corrected chi connectivity index (χ1v) is 4.75. The zero-order valence-corrected chi connectivity index (χ0v) is 9.42. The normalized spacial score (nSPS) is 10.2. The summed E-state index contributed by atoms with van der Waals surface area (Å²) in [7, 11) is 0. The van der Waals surface area contributed by atoms with Crippen LogP contribution in [0.2, 0.25) is 0 Å². The summed E-state index contributed by atoms with van der Waals surface area (Å²) in [6.07, 6.45) is 0. The first-order chi connectivity index (χ1) is 5.95. The van der Waals surface area contributed by atoms with E-state index in [4.69, 9.17) is 11.6 Å². The van der Waals surface area contributed by atoms with Gasteiger partial charge in [0.15, 0.2) is 0 Å². The van der Waals surface area contributed by atoms with Crippen molar-refractivity contribution in [3.8, 4) is 0 Å². The lowest BCUT2D eigenvalue weighted by Gasteiger charge is -2.13. The maximum absolute atomic E-state index is 5.94. The first-order valence-electron chi connectivity index (χ1n) is 4.37. The number of rotatable bonds is 1. The molecule has 0 amide bonds. The van der Waals surface area contributed by atoms with Crippen LogP contribution in [0.15, 0.2) is 12.6 Å². The third-order valence-electron chi connectivity index (χ3n) is 2.63. The molecule has 1 rings (SSSR count). The number of halogens is 1. The van der Waals surface area contributed by atoms with E-state index in [2.05, 4.69) is 40.3 Å². The second-order valence-electron chi connectivity index (χ2n) is 3.54. The van der Waals surface area contributed by atoms with Gasteiger partial charge in [0.25, 0.3) is 0 Å². The van der Waals surface area contributed by atoms with Gasteiger partial charge in [-0.15, -0.1) is 0 Å². The Labute approximate surface area is 85.2 Å². The largest absolute Gasteiger partial charge is 0.0843 e. The third-order valence-corrected chi connectivity index (χ3v) is 2.82. The van der Waals surface area contributed by atoms with Crippen LogP contribution in [0, 0.1) is 27.7 Å². The smallest absolute Gasteiger partial charge is 0.0412 e. The van der Waals surface area contributed by atoms with Crippen molar-refractivity contribution in [1.82, 2.24) is 0 Å². The standard InChI is InChI=1S/C12H15Cl/c1-7-6-8(2)12(11(5)13)10(4)9(7)3/h6H,5H2,1-4H3. The van der Waals surface area contributed by atoms with Crippen molar-refractivity contribution in [1.29, 1.82) is 0 Å². The highest BCUT2D eigenvalue weighted by atomic mass is 35.5. The summed E-state index contributed by atoms with van der Waals surface area (Å²) < 4.78 is 0. The Kier molecular flexibility index (Phi) is 2.82. The molecule has 0 unspecified atom stereocenters. The highest BCUT2D eigenvalue weighted by molar-refractivity contribution is 6.48. The van der Waals surface area contributed by atoms with E-state index in [0.717, 1.165) is 5.56 Å². The van der Waals surface area contributed by atoms with E-state index in [9.17, 15) is 0 Å². The zero-order chi connectivity index (χ0) is 10.2. The molecule has 0 aliphatic carbocycles. The van der Waals surface area contributed by atoms with Crippen molar-refractivity contribution < 1.29 is 0 Å². The summed E-state index contributed by atoms with van der Waals surface area (Å²) in [6.45, 7) is 12.2. The van der Waals surface area contributed by atoms with Crippen LogP contribution in [-0.4, -0.2) is 0 Å². The second-order valence-corrected chi connectivity index (χ2v) is 4.00. The van der Waals surface area contributed by atoms with Crippen LogP contribution in [0.4, 0.5) is 0 Å². The lowest BCUT2D eigenvalue weighted by Crippen LogP contribution is -1.95. The number of hydrogen-bond acceptors (Lipinski definition) is 0. The van der Waals surface area contributed by atoms with Gasteiger partial charge in [-0.1, -0.05) is 24.2 Å². The summed E-state index contributed by atoms with van der Waals surface area (Å²) in [6, 6.07) is 2.16. The Balaban J connectivity index is 3.53. The van der Waals surface area contributed by atoms with Gasteiger partial charge in [0.05, 0.1) is 0 Å². The molecule has 0 spiro atoms. The molecule has 0 saturated carbocycles. The van der Waals surface area contributed by atoms with E-state index < -0.39 is 0 Å². The minimum atomic E-state index is 0.637. The van der Waals surface area contributed by atoms with Crippen molar-refractivity contribution in [2.75, 3.05) is 0 Å². The van der Waals surface area contributed by atoms with Gasteiger partial charge in [0.2, 0.25) is 0 Å². The van der Waals surface area contributed by atoms with Gasteiger partial charge in [0.1, 0.15) is 0 Å². The molecule has 0 atom stereocenters. The van der Waals surface area contributed by atoms with Crippen molar-refractivity contribution in [2.45, 2.75) is 27.7 Å². The van der Waals surface area contributed by atoms with Gasteiger partial charge in [-0.05, 0) is 55.5 Å². The van der Waals surface area contributed by atoms with Crippen LogP contribution in [-0.2, 0) is 0 Å². The van der Waals surface area contributed by atoms with E-state index in [0.29, 0.717) is 5.03 Å². The van der Waals surface area contributed by atoms with E-state index in [-0.39, 0.29) is 0 Å². The molecule has 70 valence electrons. The van der Waals surface area contributed by atoms with Crippen molar-refractivity contribution in [3.63, 3.8) is 0 Å². The Morgan fingerprint density at radius 1 is 1.08 bits per heavy atom. The third kappa shape index (κ3) is 1.78. The van der Waals surface area contributed by atoms with E-state index in [1.165, 1.54) is 22.3 Å². The van der Waals surface area contributed by atoms with Gasteiger partial charge >= 0.3 is 0 Å². The predicted octanol–water partition coefficient (Wildman–Crippen LogP) is 4.13. The minimum Gasteiger partial charge on any atom is -0.0843 e. The molecule has 0 saturated heterocycles. The molecule has 0 heterocycles. The first kappa shape index (κ1) is 10.3. The summed E-state index contributed by atoms with van der Waals surface area (Å²) in [5, 5.41) is 0.637. The molecule has 13 heavy (non-hydrogen) atoms. The van der Waals surface area contributed by atoms with Gasteiger partial charge in [0, 0.05) is 5.03 Å². The number of aryl methyl sites for hydroxylation is 2. The Morgan fingerprint density at radius 2 is 1.62 bits per heavy atom. The molecule has 0 bridgehead atoms. The van der Waals surface area contributed by atoms with E-state index >= 15 is 0 Å². The van der Waals surface area contributed by atoms with Crippen LogP contribution >= 0.6 is 11.6 Å². The van der Waals surface area contributed by atoms with E-state index in [1.807, 2.05) is 0 Å². The maximum atomic E-state index is 5.94. The topological polar surface area (TPSA) is 0 Å². The molecule has 0 aliphatic rings. The Hall–Kier alpha value is -0.750. The quantitative estimate of drug-likeness (QED) is 0.631. The molecule has 0 fully saturated rings. The molecule has 1 aromatic carbocycles. The van der Waals surface area contributed by atoms with Gasteiger partial charge < -0.3 is 0 Å². The SMILES string of the molecule is C=C(Cl)c1c(C)cc(C)c(C)c1C. The van der Waals surface area contributed by atoms with Gasteiger partial charge in [-0.3, -0.25) is 0 Å². The average Bonchev–Trinajstić information content (AvgIpc) is 1.99. The van der Waals surface area contributed by atoms with Crippen LogP contribution < -0.4 is 0 Å². The second kappa shape index (κ2) is 3.55. The Bertz CT molecular complexity index is 362. The molecule has 0 radical (unpaired) electrons. The van der Waals surface area contributed by atoms with Crippen LogP contribution in [0.25, 0.3) is 5.03 Å². The van der Waals surface area contributed by atoms with Crippen LogP contribution in [0.3, 0.4) is 0 Å². The summed E-state index contributed by atoms with van der Waals surface area (Å²) >= 11 is 5.94. The zero-order valence-electron chi connectivity index (χ0n) is 8.66. The molecule has 0 aromatic heterocycles. The number of benzene rings is 1.